The Bertz CT molecular complexity index is 663. The van der Waals surface area contributed by atoms with E-state index in [0.717, 1.165) is 11.5 Å². The van der Waals surface area contributed by atoms with Crippen LogP contribution in [0.25, 0.3) is 0 Å². The van der Waals surface area contributed by atoms with Crippen LogP contribution in [-0.2, 0) is 16.3 Å². The van der Waals surface area contributed by atoms with Gasteiger partial charge in [-0.05, 0) is 24.1 Å². The molecule has 0 heterocycles. The zero-order valence-corrected chi connectivity index (χ0v) is 15.4. The minimum Gasteiger partial charge on any atom is -0.355 e. The van der Waals surface area contributed by atoms with Crippen LogP contribution in [0.5, 0.6) is 0 Å². The van der Waals surface area contributed by atoms with Crippen molar-refractivity contribution in [1.29, 1.82) is 0 Å². The Hall–Kier alpha value is -1.46. The first-order valence-corrected chi connectivity index (χ1v) is 10.2. The van der Waals surface area contributed by atoms with Crippen LogP contribution in [0.15, 0.2) is 48.5 Å². The standard InChI is InChI=1S/C19H22FNOS2/c1-15-5-4-6-16(11-15)12-23-10-9-21-19(22)14-24-13-17-7-2-3-8-18(17)20/h2-8,11H,9-10,12-14H2,1H3,(H,21,22). The van der Waals surface area contributed by atoms with E-state index in [-0.39, 0.29) is 11.7 Å². The van der Waals surface area contributed by atoms with Gasteiger partial charge in [0, 0.05) is 23.8 Å². The van der Waals surface area contributed by atoms with Crippen LogP contribution in [0, 0.1) is 12.7 Å². The van der Waals surface area contributed by atoms with Crippen LogP contribution in [0.3, 0.4) is 0 Å². The van der Waals surface area contributed by atoms with Crippen LogP contribution in [0.1, 0.15) is 16.7 Å². The normalized spacial score (nSPS) is 10.6. The number of rotatable bonds is 9. The molecule has 0 bridgehead atoms. The third-order valence-electron chi connectivity index (χ3n) is 3.37. The highest BCUT2D eigenvalue weighted by Gasteiger charge is 2.04. The summed E-state index contributed by atoms with van der Waals surface area (Å²) in [6, 6.07) is 15.1. The lowest BCUT2D eigenvalue weighted by atomic mass is 10.2. The number of halogens is 1. The topological polar surface area (TPSA) is 29.1 Å². The van der Waals surface area contributed by atoms with Gasteiger partial charge in [-0.1, -0.05) is 48.0 Å². The summed E-state index contributed by atoms with van der Waals surface area (Å²) >= 11 is 3.24. The van der Waals surface area contributed by atoms with Gasteiger partial charge in [-0.25, -0.2) is 4.39 Å². The summed E-state index contributed by atoms with van der Waals surface area (Å²) in [5.74, 6) is 2.52. The van der Waals surface area contributed by atoms with E-state index < -0.39 is 0 Å². The molecule has 0 spiro atoms. The number of carbonyl (C=O) groups is 1. The number of benzene rings is 2. The molecular formula is C19H22FNOS2. The number of amides is 1. The number of thioether (sulfide) groups is 2. The van der Waals surface area contributed by atoms with E-state index in [0.29, 0.717) is 23.6 Å². The maximum absolute atomic E-state index is 13.4. The van der Waals surface area contributed by atoms with Gasteiger partial charge in [0.15, 0.2) is 0 Å². The number of aryl methyl sites for hydroxylation is 1. The van der Waals surface area contributed by atoms with Gasteiger partial charge in [-0.15, -0.1) is 11.8 Å². The van der Waals surface area contributed by atoms with Crippen molar-refractivity contribution in [1.82, 2.24) is 5.32 Å². The molecule has 24 heavy (non-hydrogen) atoms. The predicted molar refractivity (Wildman–Crippen MR) is 103 cm³/mol. The Morgan fingerprint density at radius 3 is 2.71 bits per heavy atom. The Morgan fingerprint density at radius 1 is 1.08 bits per heavy atom. The minimum absolute atomic E-state index is 0.00694. The Kier molecular flexibility index (Phi) is 8.19. The molecule has 0 saturated carbocycles. The lowest BCUT2D eigenvalue weighted by molar-refractivity contribution is -0.118. The van der Waals surface area contributed by atoms with Gasteiger partial charge in [0.05, 0.1) is 5.75 Å². The molecule has 0 fully saturated rings. The molecule has 0 saturated heterocycles. The fourth-order valence-corrected chi connectivity index (χ4v) is 3.82. The van der Waals surface area contributed by atoms with Gasteiger partial charge >= 0.3 is 0 Å². The fraction of sp³-hybridized carbons (Fsp3) is 0.316. The molecule has 2 aromatic carbocycles. The summed E-state index contributed by atoms with van der Waals surface area (Å²) in [4.78, 5) is 11.8. The summed E-state index contributed by atoms with van der Waals surface area (Å²) in [5, 5.41) is 2.91. The zero-order chi connectivity index (χ0) is 17.2. The SMILES string of the molecule is Cc1cccc(CSCCNC(=O)CSCc2ccccc2F)c1. The highest BCUT2D eigenvalue weighted by Crippen LogP contribution is 2.15. The molecule has 128 valence electrons. The molecule has 5 heteroatoms. The van der Waals surface area contributed by atoms with Crippen LogP contribution in [-0.4, -0.2) is 24.0 Å². The van der Waals surface area contributed by atoms with Gasteiger partial charge < -0.3 is 5.32 Å². The third kappa shape index (κ3) is 6.97. The molecule has 2 nitrogen and oxygen atoms in total. The quantitative estimate of drug-likeness (QED) is 0.669. The van der Waals surface area contributed by atoms with Gasteiger partial charge in [0.25, 0.3) is 0 Å². The van der Waals surface area contributed by atoms with Crippen molar-refractivity contribution < 1.29 is 9.18 Å². The molecule has 0 atom stereocenters. The smallest absolute Gasteiger partial charge is 0.230 e. The van der Waals surface area contributed by atoms with Gasteiger partial charge in [0.1, 0.15) is 5.82 Å². The van der Waals surface area contributed by atoms with Gasteiger partial charge in [-0.3, -0.25) is 4.79 Å². The third-order valence-corrected chi connectivity index (χ3v) is 5.38. The maximum atomic E-state index is 13.4. The van der Waals surface area contributed by atoms with E-state index in [9.17, 15) is 9.18 Å². The minimum atomic E-state index is -0.210. The summed E-state index contributed by atoms with van der Waals surface area (Å²) in [6.07, 6.45) is 0. The summed E-state index contributed by atoms with van der Waals surface area (Å²) < 4.78 is 13.4. The average Bonchev–Trinajstić information content (AvgIpc) is 2.56. The molecule has 0 unspecified atom stereocenters. The molecule has 1 amide bonds. The van der Waals surface area contributed by atoms with E-state index in [1.165, 1.54) is 29.0 Å². The largest absolute Gasteiger partial charge is 0.355 e. The summed E-state index contributed by atoms with van der Waals surface area (Å²) in [5.41, 5.74) is 3.23. The van der Waals surface area contributed by atoms with Crippen molar-refractivity contribution in [2.75, 3.05) is 18.1 Å². The first-order valence-electron chi connectivity index (χ1n) is 7.86. The molecule has 0 aliphatic rings. The first kappa shape index (κ1) is 18.9. The molecule has 2 aromatic rings. The molecule has 1 N–H and O–H groups in total. The van der Waals surface area contributed by atoms with E-state index in [1.54, 1.807) is 12.1 Å². The highest BCUT2D eigenvalue weighted by atomic mass is 32.2. The predicted octanol–water partition coefficient (Wildman–Crippen LogP) is 4.42. The van der Waals surface area contributed by atoms with Crippen LogP contribution < -0.4 is 5.32 Å². The fourth-order valence-electron chi connectivity index (χ4n) is 2.17. The second-order valence-electron chi connectivity index (χ2n) is 5.48. The van der Waals surface area contributed by atoms with Crippen LogP contribution >= 0.6 is 23.5 Å². The Labute approximate surface area is 151 Å². The van der Waals surface area contributed by atoms with E-state index in [2.05, 4.69) is 36.5 Å². The second kappa shape index (κ2) is 10.4. The van der Waals surface area contributed by atoms with Gasteiger partial charge in [0.2, 0.25) is 5.91 Å². The van der Waals surface area contributed by atoms with Gasteiger partial charge in [-0.2, -0.15) is 11.8 Å². The molecule has 0 aliphatic heterocycles. The highest BCUT2D eigenvalue weighted by molar-refractivity contribution is 7.99. The van der Waals surface area contributed by atoms with E-state index >= 15 is 0 Å². The average molecular weight is 364 g/mol. The van der Waals surface area contributed by atoms with E-state index in [1.807, 2.05) is 17.8 Å². The van der Waals surface area contributed by atoms with Crippen molar-refractivity contribution >= 4 is 29.4 Å². The van der Waals surface area contributed by atoms with Crippen molar-refractivity contribution in [3.05, 3.63) is 71.0 Å². The molecule has 0 aliphatic carbocycles. The molecule has 0 aromatic heterocycles. The van der Waals surface area contributed by atoms with Crippen LogP contribution in [0.2, 0.25) is 0 Å². The van der Waals surface area contributed by atoms with Crippen molar-refractivity contribution in [2.45, 2.75) is 18.4 Å². The van der Waals surface area contributed by atoms with Crippen LogP contribution in [0.4, 0.5) is 4.39 Å². The Morgan fingerprint density at radius 2 is 1.92 bits per heavy atom. The van der Waals surface area contributed by atoms with Crippen molar-refractivity contribution in [3.63, 3.8) is 0 Å². The second-order valence-corrected chi connectivity index (χ2v) is 7.57. The number of carbonyl (C=O) groups excluding carboxylic acids is 1. The summed E-state index contributed by atoms with van der Waals surface area (Å²) in [6.45, 7) is 2.75. The van der Waals surface area contributed by atoms with Crippen molar-refractivity contribution in [3.8, 4) is 0 Å². The van der Waals surface area contributed by atoms with E-state index in [4.69, 9.17) is 0 Å². The Balaban J connectivity index is 1.54. The lowest BCUT2D eigenvalue weighted by Gasteiger charge is -2.06. The molecular weight excluding hydrogens is 341 g/mol. The zero-order valence-electron chi connectivity index (χ0n) is 13.8. The maximum Gasteiger partial charge on any atom is 0.230 e. The van der Waals surface area contributed by atoms with Crippen molar-refractivity contribution in [2.24, 2.45) is 0 Å². The first-order chi connectivity index (χ1) is 11.6. The number of hydrogen-bond acceptors (Lipinski definition) is 3. The summed E-state index contributed by atoms with van der Waals surface area (Å²) in [7, 11) is 0. The molecule has 2 rings (SSSR count). The monoisotopic (exact) mass is 363 g/mol. The molecule has 0 radical (unpaired) electrons. The lowest BCUT2D eigenvalue weighted by Crippen LogP contribution is -2.27. The number of hydrogen-bond donors (Lipinski definition) is 1. The number of nitrogens with one attached hydrogen (secondary N) is 1.